The van der Waals surface area contributed by atoms with E-state index < -0.39 is 14.9 Å². The lowest BCUT2D eigenvalue weighted by atomic mass is 10.2. The predicted molar refractivity (Wildman–Crippen MR) is 75.2 cm³/mol. The molecule has 0 aromatic heterocycles. The molecule has 0 heterocycles. The average molecular weight is 274 g/mol. The van der Waals surface area contributed by atoms with Crippen molar-refractivity contribution < 1.29 is 19.0 Å². The molecule has 0 aliphatic carbocycles. The molecule has 0 aliphatic rings. The number of carbonyl (C=O) groups is 1. The van der Waals surface area contributed by atoms with Gasteiger partial charge in [-0.1, -0.05) is 26.3 Å². The van der Waals surface area contributed by atoms with Gasteiger partial charge in [0.05, 0.1) is 5.73 Å². The van der Waals surface area contributed by atoms with Crippen LogP contribution >= 0.6 is 0 Å². The first kappa shape index (κ1) is 17.3. The smallest absolute Gasteiger partial charge is 0.333 e. The minimum Gasteiger partial charge on any atom is -0.463 e. The van der Waals surface area contributed by atoms with E-state index in [1.54, 1.807) is 21.1 Å². The SMILES string of the molecule is C=C(C)C(=O)OC(CCCC)[SiH2]C(C)(OC)OC. The summed E-state index contributed by atoms with van der Waals surface area (Å²) in [7, 11) is 2.36. The standard InChI is InChI=1S/C13H26O4Si/c1-7-8-9-11(17-12(14)10(2)3)18-13(4,15-5)16-6/h11H,2,7-9,18H2,1,3-6H3. The first-order valence-electron chi connectivity index (χ1n) is 6.35. The highest BCUT2D eigenvalue weighted by Crippen LogP contribution is 2.15. The fourth-order valence-electron chi connectivity index (χ4n) is 1.55. The van der Waals surface area contributed by atoms with Gasteiger partial charge in [-0.15, -0.1) is 0 Å². The van der Waals surface area contributed by atoms with Gasteiger partial charge in [0.1, 0.15) is 14.9 Å². The second-order valence-corrected chi connectivity index (χ2v) is 7.30. The highest BCUT2D eigenvalue weighted by Gasteiger charge is 2.30. The van der Waals surface area contributed by atoms with Crippen molar-refractivity contribution in [3.05, 3.63) is 12.2 Å². The summed E-state index contributed by atoms with van der Waals surface area (Å²) in [6.45, 7) is 9.27. The van der Waals surface area contributed by atoms with Gasteiger partial charge in [-0.05, 0) is 20.3 Å². The summed E-state index contributed by atoms with van der Waals surface area (Å²) in [6, 6.07) is 0. The number of unbranched alkanes of at least 4 members (excludes halogenated alkanes) is 1. The molecular weight excluding hydrogens is 248 g/mol. The van der Waals surface area contributed by atoms with E-state index >= 15 is 0 Å². The van der Waals surface area contributed by atoms with Crippen molar-refractivity contribution in [2.45, 2.75) is 51.2 Å². The molecule has 0 saturated heterocycles. The van der Waals surface area contributed by atoms with Crippen molar-refractivity contribution in [1.29, 1.82) is 0 Å². The summed E-state index contributed by atoms with van der Waals surface area (Å²) in [5, 5.41) is 0. The highest BCUT2D eigenvalue weighted by molar-refractivity contribution is 6.40. The van der Waals surface area contributed by atoms with Gasteiger partial charge in [-0.2, -0.15) is 0 Å². The minimum atomic E-state index is -0.881. The van der Waals surface area contributed by atoms with E-state index in [-0.39, 0.29) is 11.7 Å². The molecule has 0 aromatic carbocycles. The van der Waals surface area contributed by atoms with E-state index in [1.165, 1.54) is 0 Å². The molecule has 0 N–H and O–H groups in total. The van der Waals surface area contributed by atoms with Gasteiger partial charge < -0.3 is 14.2 Å². The van der Waals surface area contributed by atoms with Crippen LogP contribution in [-0.4, -0.2) is 40.8 Å². The van der Waals surface area contributed by atoms with Gasteiger partial charge in [0.25, 0.3) is 0 Å². The quantitative estimate of drug-likeness (QED) is 0.278. The molecule has 18 heavy (non-hydrogen) atoms. The van der Waals surface area contributed by atoms with Crippen molar-refractivity contribution >= 4 is 15.5 Å². The van der Waals surface area contributed by atoms with E-state index in [0.717, 1.165) is 19.3 Å². The summed E-state index contributed by atoms with van der Waals surface area (Å²) < 4.78 is 16.2. The van der Waals surface area contributed by atoms with Crippen LogP contribution in [0.25, 0.3) is 0 Å². The van der Waals surface area contributed by atoms with Crippen LogP contribution in [0.5, 0.6) is 0 Å². The Morgan fingerprint density at radius 2 is 1.94 bits per heavy atom. The van der Waals surface area contributed by atoms with Gasteiger partial charge in [0.15, 0.2) is 0 Å². The Labute approximate surface area is 113 Å². The Balaban J connectivity index is 4.57. The number of ether oxygens (including phenoxy) is 3. The molecule has 1 unspecified atom stereocenters. The van der Waals surface area contributed by atoms with E-state index in [1.807, 2.05) is 6.92 Å². The highest BCUT2D eigenvalue weighted by atomic mass is 28.2. The van der Waals surface area contributed by atoms with Crippen LogP contribution in [0.1, 0.15) is 40.0 Å². The third-order valence-corrected chi connectivity index (χ3v) is 5.31. The van der Waals surface area contributed by atoms with Crippen LogP contribution in [0.3, 0.4) is 0 Å². The molecule has 106 valence electrons. The molecule has 0 fully saturated rings. The number of hydrogen-bond acceptors (Lipinski definition) is 4. The van der Waals surface area contributed by atoms with Crippen molar-refractivity contribution in [3.8, 4) is 0 Å². The lowest BCUT2D eigenvalue weighted by Crippen LogP contribution is -2.45. The molecule has 0 spiro atoms. The zero-order valence-electron chi connectivity index (χ0n) is 12.2. The molecule has 0 aliphatic heterocycles. The van der Waals surface area contributed by atoms with Gasteiger partial charge in [0, 0.05) is 19.8 Å². The largest absolute Gasteiger partial charge is 0.463 e. The summed E-state index contributed by atoms with van der Waals surface area (Å²) in [6.07, 6.45) is 2.97. The predicted octanol–water partition coefficient (Wildman–Crippen LogP) is 1.76. The fraction of sp³-hybridized carbons (Fsp3) is 0.769. The Bertz CT molecular complexity index is 274. The topological polar surface area (TPSA) is 44.8 Å². The molecule has 0 rings (SSSR count). The van der Waals surface area contributed by atoms with Crippen LogP contribution in [-0.2, 0) is 19.0 Å². The molecule has 5 heteroatoms. The van der Waals surface area contributed by atoms with Crippen LogP contribution < -0.4 is 0 Å². The zero-order chi connectivity index (χ0) is 14.2. The third kappa shape index (κ3) is 6.33. The number of hydrogen-bond donors (Lipinski definition) is 0. The van der Waals surface area contributed by atoms with Gasteiger partial charge in [-0.3, -0.25) is 0 Å². The number of esters is 1. The Morgan fingerprint density at radius 3 is 2.33 bits per heavy atom. The Kier molecular flexibility index (Phi) is 8.14. The maximum atomic E-state index is 11.6. The summed E-state index contributed by atoms with van der Waals surface area (Å²) in [5.41, 5.74) is -0.227. The molecule has 1 atom stereocenters. The van der Waals surface area contributed by atoms with Crippen molar-refractivity contribution in [3.63, 3.8) is 0 Å². The second kappa shape index (κ2) is 8.45. The van der Waals surface area contributed by atoms with Crippen LogP contribution in [0, 0.1) is 0 Å². The summed E-state index contributed by atoms with van der Waals surface area (Å²) in [5.74, 6) is -0.321. The normalized spacial score (nSPS) is 13.8. The summed E-state index contributed by atoms with van der Waals surface area (Å²) in [4.78, 5) is 11.6. The summed E-state index contributed by atoms with van der Waals surface area (Å²) >= 11 is 0. The van der Waals surface area contributed by atoms with Crippen LogP contribution in [0.4, 0.5) is 0 Å². The first-order chi connectivity index (χ1) is 8.38. The van der Waals surface area contributed by atoms with Crippen LogP contribution in [0.2, 0.25) is 0 Å². The van der Waals surface area contributed by atoms with E-state index in [0.29, 0.717) is 5.57 Å². The lowest BCUT2D eigenvalue weighted by Gasteiger charge is -2.30. The molecule has 0 aromatic rings. The molecular formula is C13H26O4Si. The average Bonchev–Trinajstić information content (AvgIpc) is 2.35. The van der Waals surface area contributed by atoms with Crippen LogP contribution in [0.15, 0.2) is 12.2 Å². The minimum absolute atomic E-state index is 0.0703. The van der Waals surface area contributed by atoms with Crippen molar-refractivity contribution in [2.24, 2.45) is 0 Å². The van der Waals surface area contributed by atoms with E-state index in [9.17, 15) is 4.79 Å². The van der Waals surface area contributed by atoms with Gasteiger partial charge >= 0.3 is 5.97 Å². The van der Waals surface area contributed by atoms with Gasteiger partial charge in [-0.25, -0.2) is 4.79 Å². The maximum absolute atomic E-state index is 11.6. The lowest BCUT2D eigenvalue weighted by molar-refractivity contribution is -0.146. The monoisotopic (exact) mass is 274 g/mol. The molecule has 0 saturated carbocycles. The molecule has 0 bridgehead atoms. The zero-order valence-corrected chi connectivity index (χ0v) is 13.7. The van der Waals surface area contributed by atoms with Gasteiger partial charge in [0.2, 0.25) is 0 Å². The maximum Gasteiger partial charge on any atom is 0.333 e. The number of rotatable bonds is 9. The molecule has 0 amide bonds. The number of carbonyl (C=O) groups excluding carboxylic acids is 1. The Hall–Kier alpha value is -0.653. The van der Waals surface area contributed by atoms with Crippen molar-refractivity contribution in [1.82, 2.24) is 0 Å². The molecule has 0 radical (unpaired) electrons. The van der Waals surface area contributed by atoms with E-state index in [4.69, 9.17) is 14.2 Å². The van der Waals surface area contributed by atoms with E-state index in [2.05, 4.69) is 13.5 Å². The second-order valence-electron chi connectivity index (χ2n) is 4.70. The first-order valence-corrected chi connectivity index (χ1v) is 7.87. The van der Waals surface area contributed by atoms with Crippen molar-refractivity contribution in [2.75, 3.05) is 14.2 Å². The third-order valence-electron chi connectivity index (χ3n) is 2.96. The molecule has 4 nitrogen and oxygen atoms in total. The number of methoxy groups -OCH3 is 2. The fourth-order valence-corrected chi connectivity index (χ4v) is 3.44. The Morgan fingerprint density at radius 1 is 1.39 bits per heavy atom.